The van der Waals surface area contributed by atoms with Crippen molar-refractivity contribution >= 4 is 33.3 Å². The minimum absolute atomic E-state index is 0.822. The molecule has 4 nitrogen and oxygen atoms in total. The third kappa shape index (κ3) is 3.73. The summed E-state index contributed by atoms with van der Waals surface area (Å²) in [5.41, 5.74) is 1.02. The normalized spacial score (nSPS) is 16.0. The first-order valence-corrected chi connectivity index (χ1v) is 8.09. The van der Waals surface area contributed by atoms with Crippen LogP contribution < -0.4 is 10.2 Å². The van der Waals surface area contributed by atoms with Gasteiger partial charge in [0.25, 0.3) is 0 Å². The lowest BCUT2D eigenvalue weighted by Crippen LogP contribution is -2.33. The van der Waals surface area contributed by atoms with E-state index in [1.54, 1.807) is 6.33 Å². The third-order valence-electron chi connectivity index (χ3n) is 3.86. The van der Waals surface area contributed by atoms with Gasteiger partial charge in [-0.15, -0.1) is 0 Å². The number of aromatic nitrogens is 2. The summed E-state index contributed by atoms with van der Waals surface area (Å²) in [6, 6.07) is 10.1. The molecule has 110 valence electrons. The lowest BCUT2D eigenvalue weighted by Gasteiger charge is -2.31. The zero-order chi connectivity index (χ0) is 14.7. The van der Waals surface area contributed by atoms with Gasteiger partial charge < -0.3 is 10.2 Å². The average Bonchev–Trinajstić information content (AvgIpc) is 2.48. The van der Waals surface area contributed by atoms with Crippen LogP contribution >= 0.6 is 15.9 Å². The summed E-state index contributed by atoms with van der Waals surface area (Å²) >= 11 is 3.48. The van der Waals surface area contributed by atoms with Gasteiger partial charge in [0.1, 0.15) is 18.0 Å². The lowest BCUT2D eigenvalue weighted by molar-refractivity contribution is 0.436. The van der Waals surface area contributed by atoms with Gasteiger partial charge >= 0.3 is 0 Å². The molecule has 1 aliphatic rings. The van der Waals surface area contributed by atoms with Crippen molar-refractivity contribution in [3.63, 3.8) is 0 Å². The van der Waals surface area contributed by atoms with Crippen LogP contribution in [0.25, 0.3) is 0 Å². The highest BCUT2D eigenvalue weighted by molar-refractivity contribution is 9.10. The Labute approximate surface area is 133 Å². The number of benzene rings is 1. The molecule has 0 amide bonds. The van der Waals surface area contributed by atoms with Gasteiger partial charge in [-0.1, -0.05) is 28.9 Å². The van der Waals surface area contributed by atoms with Gasteiger partial charge in [-0.05, 0) is 37.0 Å². The van der Waals surface area contributed by atoms with E-state index in [1.807, 2.05) is 30.3 Å². The molecule has 1 fully saturated rings. The van der Waals surface area contributed by atoms with Gasteiger partial charge in [0.2, 0.25) is 0 Å². The Hall–Kier alpha value is -1.62. The van der Waals surface area contributed by atoms with E-state index < -0.39 is 0 Å². The molecule has 21 heavy (non-hydrogen) atoms. The molecule has 2 heterocycles. The maximum Gasteiger partial charge on any atom is 0.135 e. The molecular weight excluding hydrogens is 328 g/mol. The van der Waals surface area contributed by atoms with Gasteiger partial charge in [-0.2, -0.15) is 0 Å². The fraction of sp³-hybridized carbons (Fsp3) is 0.375. The first-order valence-electron chi connectivity index (χ1n) is 7.30. The predicted octanol–water partition coefficient (Wildman–Crippen LogP) is 4.22. The molecule has 1 saturated heterocycles. The fourth-order valence-electron chi connectivity index (χ4n) is 2.54. The Morgan fingerprint density at radius 1 is 1.19 bits per heavy atom. The fourth-order valence-corrected chi connectivity index (χ4v) is 2.94. The molecule has 0 unspecified atom stereocenters. The van der Waals surface area contributed by atoms with E-state index >= 15 is 0 Å². The molecular formula is C16H19BrN4. The van der Waals surface area contributed by atoms with E-state index in [2.05, 4.69) is 43.0 Å². The van der Waals surface area contributed by atoms with E-state index in [9.17, 15) is 0 Å². The topological polar surface area (TPSA) is 41.0 Å². The van der Waals surface area contributed by atoms with Crippen LogP contribution in [0.3, 0.4) is 0 Å². The average molecular weight is 347 g/mol. The highest BCUT2D eigenvalue weighted by atomic mass is 79.9. The lowest BCUT2D eigenvalue weighted by atomic mass is 9.99. The quantitative estimate of drug-likeness (QED) is 0.903. The second kappa shape index (κ2) is 6.43. The summed E-state index contributed by atoms with van der Waals surface area (Å²) in [7, 11) is 0. The van der Waals surface area contributed by atoms with E-state index in [0.29, 0.717) is 0 Å². The molecule has 1 aromatic carbocycles. The van der Waals surface area contributed by atoms with Crippen LogP contribution in [0, 0.1) is 5.92 Å². The van der Waals surface area contributed by atoms with Crippen LogP contribution in [-0.4, -0.2) is 23.1 Å². The Bertz CT molecular complexity index is 609. The molecule has 5 heteroatoms. The molecule has 0 aliphatic carbocycles. The third-order valence-corrected chi connectivity index (χ3v) is 4.35. The van der Waals surface area contributed by atoms with Gasteiger partial charge in [0.05, 0.1) is 0 Å². The van der Waals surface area contributed by atoms with Crippen molar-refractivity contribution in [2.45, 2.75) is 19.8 Å². The highest BCUT2D eigenvalue weighted by Gasteiger charge is 2.17. The SMILES string of the molecule is CC1CCN(c2cc(Nc3cccc(Br)c3)ncn2)CC1. The van der Waals surface area contributed by atoms with Crippen LogP contribution in [0.2, 0.25) is 0 Å². The summed E-state index contributed by atoms with van der Waals surface area (Å²) in [5.74, 6) is 2.66. The van der Waals surface area contributed by atoms with Crippen molar-refractivity contribution in [2.24, 2.45) is 5.92 Å². The number of anilines is 3. The first-order chi connectivity index (χ1) is 10.2. The maximum atomic E-state index is 4.41. The number of hydrogen-bond donors (Lipinski definition) is 1. The van der Waals surface area contributed by atoms with Crippen molar-refractivity contribution < 1.29 is 0 Å². The monoisotopic (exact) mass is 346 g/mol. The summed E-state index contributed by atoms with van der Waals surface area (Å²) in [4.78, 5) is 11.1. The van der Waals surface area contributed by atoms with Crippen LogP contribution in [0.5, 0.6) is 0 Å². The number of nitrogens with one attached hydrogen (secondary N) is 1. The van der Waals surface area contributed by atoms with Crippen molar-refractivity contribution in [3.8, 4) is 0 Å². The molecule has 2 aromatic rings. The molecule has 0 bridgehead atoms. The molecule has 1 aliphatic heterocycles. The number of nitrogens with zero attached hydrogens (tertiary/aromatic N) is 3. The van der Waals surface area contributed by atoms with Crippen LogP contribution in [-0.2, 0) is 0 Å². The predicted molar refractivity (Wildman–Crippen MR) is 90.1 cm³/mol. The Morgan fingerprint density at radius 3 is 2.76 bits per heavy atom. The van der Waals surface area contributed by atoms with Crippen molar-refractivity contribution in [3.05, 3.63) is 41.1 Å². The van der Waals surface area contributed by atoms with E-state index in [-0.39, 0.29) is 0 Å². The van der Waals surface area contributed by atoms with Crippen molar-refractivity contribution in [1.29, 1.82) is 0 Å². The standard InChI is InChI=1S/C16H19BrN4/c1-12-5-7-21(8-6-12)16-10-15(18-11-19-16)20-14-4-2-3-13(17)9-14/h2-4,9-12H,5-8H2,1H3,(H,18,19,20). The second-order valence-corrected chi connectivity index (χ2v) is 6.48. The molecule has 1 aromatic heterocycles. The molecule has 0 spiro atoms. The first kappa shape index (κ1) is 14.3. The largest absolute Gasteiger partial charge is 0.356 e. The summed E-state index contributed by atoms with van der Waals surface area (Å²) < 4.78 is 1.05. The Morgan fingerprint density at radius 2 is 2.00 bits per heavy atom. The number of rotatable bonds is 3. The van der Waals surface area contributed by atoms with Gasteiger partial charge in [-0.25, -0.2) is 9.97 Å². The maximum absolute atomic E-state index is 4.41. The Balaban J connectivity index is 1.74. The zero-order valence-corrected chi connectivity index (χ0v) is 13.7. The van der Waals surface area contributed by atoms with Crippen molar-refractivity contribution in [2.75, 3.05) is 23.3 Å². The van der Waals surface area contributed by atoms with Gasteiger partial charge in [-0.3, -0.25) is 0 Å². The van der Waals surface area contributed by atoms with Crippen LogP contribution in [0.4, 0.5) is 17.3 Å². The van der Waals surface area contributed by atoms with E-state index in [0.717, 1.165) is 40.8 Å². The summed E-state index contributed by atoms with van der Waals surface area (Å²) in [6.45, 7) is 4.47. The van der Waals surface area contributed by atoms with Gasteiger partial charge in [0, 0.05) is 29.3 Å². The highest BCUT2D eigenvalue weighted by Crippen LogP contribution is 2.24. The second-order valence-electron chi connectivity index (χ2n) is 5.57. The minimum atomic E-state index is 0.822. The molecule has 0 radical (unpaired) electrons. The minimum Gasteiger partial charge on any atom is -0.356 e. The van der Waals surface area contributed by atoms with E-state index in [4.69, 9.17) is 0 Å². The van der Waals surface area contributed by atoms with Crippen LogP contribution in [0.15, 0.2) is 41.1 Å². The van der Waals surface area contributed by atoms with Gasteiger partial charge in [0.15, 0.2) is 0 Å². The zero-order valence-electron chi connectivity index (χ0n) is 12.1. The molecule has 0 atom stereocenters. The molecule has 1 N–H and O–H groups in total. The number of piperidine rings is 1. The van der Waals surface area contributed by atoms with Crippen LogP contribution in [0.1, 0.15) is 19.8 Å². The smallest absolute Gasteiger partial charge is 0.135 e. The van der Waals surface area contributed by atoms with E-state index in [1.165, 1.54) is 12.8 Å². The number of halogens is 1. The molecule has 0 saturated carbocycles. The van der Waals surface area contributed by atoms with Crippen molar-refractivity contribution in [1.82, 2.24) is 9.97 Å². The molecule has 3 rings (SSSR count). The summed E-state index contributed by atoms with van der Waals surface area (Å²) in [6.07, 6.45) is 4.10. The Kier molecular flexibility index (Phi) is 4.39. The summed E-state index contributed by atoms with van der Waals surface area (Å²) in [5, 5.41) is 3.33. The number of hydrogen-bond acceptors (Lipinski definition) is 4.